The molecule has 0 unspecified atom stereocenters. The molecule has 25 heavy (non-hydrogen) atoms. The van der Waals surface area contributed by atoms with Crippen molar-refractivity contribution in [2.45, 2.75) is 10.8 Å². The number of nitrogens with zero attached hydrogens (tertiary/aromatic N) is 2. The summed E-state index contributed by atoms with van der Waals surface area (Å²) in [5.74, 6) is -0.155. The third kappa shape index (κ3) is 4.46. The number of hydrogen-bond acceptors (Lipinski definition) is 5. The van der Waals surface area contributed by atoms with E-state index in [2.05, 4.69) is 5.32 Å². The molecule has 1 saturated heterocycles. The molecule has 1 fully saturated rings. The Morgan fingerprint density at radius 2 is 1.84 bits per heavy atom. The van der Waals surface area contributed by atoms with Crippen LogP contribution in [-0.4, -0.2) is 56.3 Å². The van der Waals surface area contributed by atoms with Crippen LogP contribution in [0.3, 0.4) is 0 Å². The molecule has 1 aliphatic heterocycles. The summed E-state index contributed by atoms with van der Waals surface area (Å²) in [7, 11) is -3.70. The summed E-state index contributed by atoms with van der Waals surface area (Å²) in [6.45, 7) is 2.73. The van der Waals surface area contributed by atoms with Crippen LogP contribution in [0.15, 0.2) is 52.1 Å². The minimum absolute atomic E-state index is 0.144. The number of rotatable bonds is 6. The molecule has 3 rings (SSSR count). The smallest absolute Gasteiger partial charge is 0.253 e. The van der Waals surface area contributed by atoms with E-state index in [1.165, 1.54) is 15.6 Å². The Morgan fingerprint density at radius 1 is 1.12 bits per heavy atom. The molecule has 0 atom stereocenters. The lowest BCUT2D eigenvalue weighted by Gasteiger charge is -2.30. The second-order valence-corrected chi connectivity index (χ2v) is 8.93. The summed E-state index contributed by atoms with van der Waals surface area (Å²) >= 11 is 1.17. The molecule has 2 aromatic rings. The van der Waals surface area contributed by atoms with Crippen LogP contribution in [0.25, 0.3) is 0 Å². The first kappa shape index (κ1) is 18.1. The van der Waals surface area contributed by atoms with E-state index in [-0.39, 0.29) is 23.2 Å². The third-order valence-corrected chi connectivity index (χ3v) is 7.24. The maximum Gasteiger partial charge on any atom is 0.253 e. The van der Waals surface area contributed by atoms with E-state index in [4.69, 9.17) is 0 Å². The quantitative estimate of drug-likeness (QED) is 0.823. The first-order valence-corrected chi connectivity index (χ1v) is 10.5. The number of piperazine rings is 1. The SMILES string of the molecule is O=C(CN(Cc1ccccc1)S(=O)(=O)c1cccs1)N1CCNCC1. The van der Waals surface area contributed by atoms with Crippen LogP contribution in [0.4, 0.5) is 0 Å². The Bertz CT molecular complexity index is 786. The fourth-order valence-electron chi connectivity index (χ4n) is 2.72. The molecule has 1 N–H and O–H groups in total. The topological polar surface area (TPSA) is 69.7 Å². The molecule has 1 amide bonds. The summed E-state index contributed by atoms with van der Waals surface area (Å²) in [4.78, 5) is 14.3. The van der Waals surface area contributed by atoms with Crippen LogP contribution >= 0.6 is 11.3 Å². The Labute approximate surface area is 152 Å². The number of hydrogen-bond donors (Lipinski definition) is 1. The number of benzene rings is 1. The van der Waals surface area contributed by atoms with Crippen molar-refractivity contribution in [3.8, 4) is 0 Å². The number of nitrogens with one attached hydrogen (secondary N) is 1. The first-order valence-electron chi connectivity index (χ1n) is 8.13. The van der Waals surface area contributed by atoms with Gasteiger partial charge in [-0.25, -0.2) is 8.42 Å². The number of carbonyl (C=O) groups excluding carboxylic acids is 1. The molecule has 8 heteroatoms. The minimum Gasteiger partial charge on any atom is -0.339 e. The fraction of sp³-hybridized carbons (Fsp3) is 0.353. The van der Waals surface area contributed by atoms with Crippen LogP contribution in [0.5, 0.6) is 0 Å². The van der Waals surface area contributed by atoms with Gasteiger partial charge >= 0.3 is 0 Å². The molecule has 0 saturated carbocycles. The van der Waals surface area contributed by atoms with Gasteiger partial charge in [-0.2, -0.15) is 4.31 Å². The van der Waals surface area contributed by atoms with Crippen LogP contribution in [0.2, 0.25) is 0 Å². The molecule has 1 aromatic heterocycles. The molecule has 1 aromatic carbocycles. The highest BCUT2D eigenvalue weighted by Gasteiger charge is 2.29. The second kappa shape index (κ2) is 8.09. The van der Waals surface area contributed by atoms with Gasteiger partial charge in [-0.1, -0.05) is 36.4 Å². The van der Waals surface area contributed by atoms with Crippen LogP contribution in [-0.2, 0) is 21.4 Å². The monoisotopic (exact) mass is 379 g/mol. The van der Waals surface area contributed by atoms with Crippen LogP contribution < -0.4 is 5.32 Å². The Balaban J connectivity index is 1.82. The highest BCUT2D eigenvalue weighted by molar-refractivity contribution is 7.91. The van der Waals surface area contributed by atoms with Gasteiger partial charge in [0.1, 0.15) is 4.21 Å². The molecular formula is C17H21N3O3S2. The average molecular weight is 380 g/mol. The van der Waals surface area contributed by atoms with E-state index in [1.807, 2.05) is 30.3 Å². The molecule has 0 aliphatic carbocycles. The second-order valence-electron chi connectivity index (χ2n) is 5.82. The Kier molecular flexibility index (Phi) is 5.85. The van der Waals surface area contributed by atoms with E-state index in [0.717, 1.165) is 18.7 Å². The molecular weight excluding hydrogens is 358 g/mol. The third-order valence-electron chi connectivity index (χ3n) is 4.07. The Morgan fingerprint density at radius 3 is 2.48 bits per heavy atom. The maximum atomic E-state index is 13.0. The predicted octanol–water partition coefficient (Wildman–Crippen LogP) is 1.37. The zero-order chi connectivity index (χ0) is 17.7. The molecule has 134 valence electrons. The summed E-state index contributed by atoms with van der Waals surface area (Å²) < 4.78 is 27.5. The van der Waals surface area contributed by atoms with Gasteiger partial charge in [0.15, 0.2) is 0 Å². The van der Waals surface area contributed by atoms with E-state index in [0.29, 0.717) is 13.1 Å². The summed E-state index contributed by atoms with van der Waals surface area (Å²) in [6.07, 6.45) is 0. The van der Waals surface area contributed by atoms with Crippen LogP contribution in [0, 0.1) is 0 Å². The Hall–Kier alpha value is -1.74. The summed E-state index contributed by atoms with van der Waals surface area (Å²) in [5, 5.41) is 4.92. The number of carbonyl (C=O) groups is 1. The number of sulfonamides is 1. The van der Waals surface area contributed by atoms with Crippen molar-refractivity contribution in [1.82, 2.24) is 14.5 Å². The highest BCUT2D eigenvalue weighted by atomic mass is 32.2. The average Bonchev–Trinajstić information content (AvgIpc) is 3.18. The van der Waals surface area contributed by atoms with E-state index < -0.39 is 10.0 Å². The van der Waals surface area contributed by atoms with Gasteiger partial charge in [-0.05, 0) is 17.0 Å². The van der Waals surface area contributed by atoms with Crippen molar-refractivity contribution in [1.29, 1.82) is 0 Å². The first-order chi connectivity index (χ1) is 12.1. The lowest BCUT2D eigenvalue weighted by molar-refractivity contribution is -0.132. The van der Waals surface area contributed by atoms with Gasteiger partial charge in [-0.3, -0.25) is 4.79 Å². The van der Waals surface area contributed by atoms with Gasteiger partial charge in [0.05, 0.1) is 6.54 Å². The largest absolute Gasteiger partial charge is 0.339 e. The number of thiophene rings is 1. The van der Waals surface area contributed by atoms with E-state index in [1.54, 1.807) is 22.4 Å². The molecule has 6 nitrogen and oxygen atoms in total. The molecule has 0 bridgehead atoms. The molecule has 1 aliphatic rings. The van der Waals surface area contributed by atoms with E-state index in [9.17, 15) is 13.2 Å². The lowest BCUT2D eigenvalue weighted by Crippen LogP contribution is -2.50. The highest BCUT2D eigenvalue weighted by Crippen LogP contribution is 2.23. The van der Waals surface area contributed by atoms with Gasteiger partial charge in [0.25, 0.3) is 10.0 Å². The standard InChI is InChI=1S/C17H21N3O3S2/c21-16(19-10-8-18-9-11-19)14-20(13-15-5-2-1-3-6-15)25(22,23)17-7-4-12-24-17/h1-7,12,18H,8-11,13-14H2. The minimum atomic E-state index is -3.70. The summed E-state index contributed by atoms with van der Waals surface area (Å²) in [5.41, 5.74) is 0.857. The zero-order valence-corrected chi connectivity index (χ0v) is 15.4. The van der Waals surface area contributed by atoms with Crippen molar-refractivity contribution < 1.29 is 13.2 Å². The van der Waals surface area contributed by atoms with Gasteiger partial charge < -0.3 is 10.2 Å². The van der Waals surface area contributed by atoms with Crippen molar-refractivity contribution in [3.63, 3.8) is 0 Å². The lowest BCUT2D eigenvalue weighted by atomic mass is 10.2. The van der Waals surface area contributed by atoms with Crippen LogP contribution in [0.1, 0.15) is 5.56 Å². The van der Waals surface area contributed by atoms with Gasteiger partial charge in [0.2, 0.25) is 5.91 Å². The fourth-order valence-corrected chi connectivity index (χ4v) is 5.24. The normalized spacial score (nSPS) is 15.5. The van der Waals surface area contributed by atoms with Crippen molar-refractivity contribution in [2.75, 3.05) is 32.7 Å². The molecule has 0 radical (unpaired) electrons. The maximum absolute atomic E-state index is 13.0. The zero-order valence-electron chi connectivity index (χ0n) is 13.8. The molecule has 2 heterocycles. The van der Waals surface area contributed by atoms with Gasteiger partial charge in [-0.15, -0.1) is 11.3 Å². The molecule has 0 spiro atoms. The van der Waals surface area contributed by atoms with Crippen molar-refractivity contribution in [2.24, 2.45) is 0 Å². The summed E-state index contributed by atoms with van der Waals surface area (Å²) in [6, 6.07) is 12.6. The predicted molar refractivity (Wildman–Crippen MR) is 97.8 cm³/mol. The number of amides is 1. The van der Waals surface area contributed by atoms with Crippen molar-refractivity contribution >= 4 is 27.3 Å². The van der Waals surface area contributed by atoms with Crippen molar-refractivity contribution in [3.05, 3.63) is 53.4 Å². The van der Waals surface area contributed by atoms with Gasteiger partial charge in [0, 0.05) is 32.7 Å². The van der Waals surface area contributed by atoms with E-state index >= 15 is 0 Å².